The molecule has 0 atom stereocenters. The van der Waals surface area contributed by atoms with Gasteiger partial charge in [-0.25, -0.2) is 15.9 Å². The van der Waals surface area contributed by atoms with Crippen LogP contribution in [0.15, 0.2) is 46.8 Å². The second kappa shape index (κ2) is 7.28. The van der Waals surface area contributed by atoms with E-state index in [2.05, 4.69) is 9.83 Å². The summed E-state index contributed by atoms with van der Waals surface area (Å²) < 4.78 is 22.5. The first kappa shape index (κ1) is 20.4. The summed E-state index contributed by atoms with van der Waals surface area (Å²) in [7, 11) is 1.72. The highest BCUT2D eigenvalue weighted by Crippen LogP contribution is 2.51. The zero-order chi connectivity index (χ0) is 22.6. The fraction of sp³-hybridized carbons (Fsp3) is 0.240. The lowest BCUT2D eigenvalue weighted by Gasteiger charge is -2.16. The Hall–Kier alpha value is -3.50. The molecule has 4 aromatic rings. The van der Waals surface area contributed by atoms with Crippen molar-refractivity contribution in [1.82, 2.24) is 9.55 Å². The van der Waals surface area contributed by atoms with Crippen molar-refractivity contribution in [2.75, 3.05) is 0 Å². The maximum Gasteiger partial charge on any atom is 0.259 e. The maximum atomic E-state index is 13.8. The monoisotopic (exact) mass is 445 g/mol. The van der Waals surface area contributed by atoms with Crippen molar-refractivity contribution in [3.63, 3.8) is 0 Å². The SMILES string of the molecule is [C-]#[N+]C1(c2cnc(Oc3c(C)cc(F)cc3C)c(-c3cn(C)c(=O)c4ccsc34)c2)CC1. The van der Waals surface area contributed by atoms with Crippen LogP contribution < -0.4 is 10.3 Å². The number of rotatable bonds is 4. The Morgan fingerprint density at radius 1 is 1.22 bits per heavy atom. The van der Waals surface area contributed by atoms with Crippen molar-refractivity contribution in [2.24, 2.45) is 7.05 Å². The van der Waals surface area contributed by atoms with Gasteiger partial charge in [-0.2, -0.15) is 0 Å². The third-order valence-corrected chi connectivity index (χ3v) is 6.97. The Balaban J connectivity index is 1.75. The molecule has 32 heavy (non-hydrogen) atoms. The normalized spacial score (nSPS) is 14.3. The van der Waals surface area contributed by atoms with E-state index < -0.39 is 5.54 Å². The average molecular weight is 446 g/mol. The first-order valence-corrected chi connectivity index (χ1v) is 11.1. The number of ether oxygens (including phenoxy) is 1. The number of benzene rings is 1. The van der Waals surface area contributed by atoms with E-state index in [1.165, 1.54) is 23.5 Å². The predicted molar refractivity (Wildman–Crippen MR) is 124 cm³/mol. The van der Waals surface area contributed by atoms with Gasteiger partial charge < -0.3 is 14.1 Å². The molecule has 160 valence electrons. The minimum Gasteiger partial charge on any atom is -0.438 e. The number of fused-ring (bicyclic) bond motifs is 1. The molecular weight excluding hydrogens is 425 g/mol. The van der Waals surface area contributed by atoms with Gasteiger partial charge in [0.1, 0.15) is 11.6 Å². The fourth-order valence-corrected chi connectivity index (χ4v) is 5.01. The molecule has 5 rings (SSSR count). The van der Waals surface area contributed by atoms with E-state index in [0.29, 0.717) is 33.7 Å². The van der Waals surface area contributed by atoms with Crippen LogP contribution >= 0.6 is 11.3 Å². The van der Waals surface area contributed by atoms with Gasteiger partial charge in [0.25, 0.3) is 11.1 Å². The number of hydrogen-bond donors (Lipinski definition) is 0. The van der Waals surface area contributed by atoms with E-state index in [9.17, 15) is 9.18 Å². The van der Waals surface area contributed by atoms with Crippen molar-refractivity contribution in [2.45, 2.75) is 32.2 Å². The topological polar surface area (TPSA) is 48.5 Å². The number of thiophene rings is 1. The lowest BCUT2D eigenvalue weighted by Crippen LogP contribution is -2.15. The number of aromatic nitrogens is 2. The van der Waals surface area contributed by atoms with Crippen molar-refractivity contribution in [3.05, 3.63) is 86.3 Å². The molecule has 1 aliphatic carbocycles. The highest BCUT2D eigenvalue weighted by Gasteiger charge is 2.53. The van der Waals surface area contributed by atoms with Gasteiger partial charge in [-0.05, 0) is 54.6 Å². The van der Waals surface area contributed by atoms with E-state index in [-0.39, 0.29) is 11.4 Å². The van der Waals surface area contributed by atoms with Crippen molar-refractivity contribution < 1.29 is 9.13 Å². The lowest BCUT2D eigenvalue weighted by molar-refractivity contribution is 0.455. The lowest BCUT2D eigenvalue weighted by atomic mass is 10.0. The summed E-state index contributed by atoms with van der Waals surface area (Å²) in [5.41, 5.74) is 3.12. The van der Waals surface area contributed by atoms with Gasteiger partial charge in [-0.15, -0.1) is 11.3 Å². The smallest absolute Gasteiger partial charge is 0.259 e. The third-order valence-electron chi connectivity index (χ3n) is 6.02. The van der Waals surface area contributed by atoms with E-state index in [4.69, 9.17) is 11.3 Å². The number of nitrogens with zero attached hydrogens (tertiary/aromatic N) is 3. The predicted octanol–water partition coefficient (Wildman–Crippen LogP) is 6.12. The minimum absolute atomic E-state index is 0.0679. The second-order valence-corrected chi connectivity index (χ2v) is 9.23. The Labute approximate surface area is 188 Å². The highest BCUT2D eigenvalue weighted by molar-refractivity contribution is 7.17. The number of halogens is 1. The van der Waals surface area contributed by atoms with Gasteiger partial charge in [0.05, 0.1) is 10.9 Å². The fourth-order valence-electron chi connectivity index (χ4n) is 4.10. The largest absolute Gasteiger partial charge is 0.438 e. The number of aryl methyl sites for hydroxylation is 3. The quantitative estimate of drug-likeness (QED) is 0.356. The van der Waals surface area contributed by atoms with Crippen molar-refractivity contribution in [1.29, 1.82) is 0 Å². The summed E-state index contributed by atoms with van der Waals surface area (Å²) in [5.74, 6) is 0.592. The van der Waals surface area contributed by atoms with Gasteiger partial charge >= 0.3 is 0 Å². The molecule has 1 saturated carbocycles. The summed E-state index contributed by atoms with van der Waals surface area (Å²) in [5, 5.41) is 2.52. The summed E-state index contributed by atoms with van der Waals surface area (Å²) in [4.78, 5) is 21.1. The van der Waals surface area contributed by atoms with E-state index >= 15 is 0 Å². The first-order valence-electron chi connectivity index (χ1n) is 10.2. The van der Waals surface area contributed by atoms with Crippen molar-refractivity contribution in [3.8, 4) is 22.8 Å². The Morgan fingerprint density at radius 3 is 2.59 bits per heavy atom. The van der Waals surface area contributed by atoms with Crippen LogP contribution in [0.5, 0.6) is 11.6 Å². The zero-order valence-electron chi connectivity index (χ0n) is 17.9. The molecule has 0 spiro atoms. The molecule has 1 aliphatic rings. The van der Waals surface area contributed by atoms with Crippen LogP contribution in [-0.2, 0) is 12.6 Å². The molecule has 0 radical (unpaired) electrons. The molecule has 0 aliphatic heterocycles. The molecule has 1 fully saturated rings. The zero-order valence-corrected chi connectivity index (χ0v) is 18.7. The van der Waals surface area contributed by atoms with Crippen LogP contribution in [0, 0.1) is 26.2 Å². The van der Waals surface area contributed by atoms with Crippen LogP contribution in [0.1, 0.15) is 29.5 Å². The van der Waals surface area contributed by atoms with Gasteiger partial charge in [-0.3, -0.25) is 4.79 Å². The third kappa shape index (κ3) is 3.19. The van der Waals surface area contributed by atoms with E-state index in [1.807, 2.05) is 17.5 Å². The molecule has 1 aromatic carbocycles. The highest BCUT2D eigenvalue weighted by atomic mass is 32.1. The Morgan fingerprint density at radius 2 is 1.94 bits per heavy atom. The van der Waals surface area contributed by atoms with Crippen LogP contribution in [0.25, 0.3) is 26.1 Å². The van der Waals surface area contributed by atoms with Gasteiger partial charge in [-0.1, -0.05) is 0 Å². The number of pyridine rings is 2. The Bertz CT molecular complexity index is 1470. The average Bonchev–Trinajstić information content (AvgIpc) is 3.41. The van der Waals surface area contributed by atoms with Gasteiger partial charge in [0, 0.05) is 48.1 Å². The first-order chi connectivity index (χ1) is 15.3. The summed E-state index contributed by atoms with van der Waals surface area (Å²) >= 11 is 1.48. The molecule has 0 saturated heterocycles. The van der Waals surface area contributed by atoms with E-state index in [1.54, 1.807) is 37.9 Å². The van der Waals surface area contributed by atoms with E-state index in [0.717, 1.165) is 28.7 Å². The number of hydrogen-bond acceptors (Lipinski definition) is 4. The summed E-state index contributed by atoms with van der Waals surface area (Å²) in [6.45, 7) is 11.2. The molecule has 0 bridgehead atoms. The molecule has 7 heteroatoms. The van der Waals surface area contributed by atoms with Crippen LogP contribution in [-0.4, -0.2) is 9.55 Å². The second-order valence-electron chi connectivity index (χ2n) is 8.31. The van der Waals surface area contributed by atoms with Gasteiger partial charge in [0.2, 0.25) is 5.88 Å². The van der Waals surface area contributed by atoms with Crippen LogP contribution in [0.3, 0.4) is 0 Å². The molecule has 3 aromatic heterocycles. The molecular formula is C25H20FN3O2S. The molecule has 5 nitrogen and oxygen atoms in total. The van der Waals surface area contributed by atoms with Gasteiger partial charge in [0.15, 0.2) is 0 Å². The summed E-state index contributed by atoms with van der Waals surface area (Å²) in [6.07, 6.45) is 5.09. The molecule has 0 N–H and O–H groups in total. The molecule has 0 amide bonds. The summed E-state index contributed by atoms with van der Waals surface area (Å²) in [6, 6.07) is 6.64. The minimum atomic E-state index is -0.531. The standard InChI is InChI=1S/C25H20FN3O2S/c1-14-9-17(26)10-15(2)21(14)31-23-19(11-16(12-28-23)25(27-3)6-7-25)20-13-29(4)24(30)18-5-8-32-22(18)20/h5,8-13H,6-7H2,1-2,4H3. The molecule has 3 heterocycles. The molecule has 0 unspecified atom stereocenters. The van der Waals surface area contributed by atoms with Crippen molar-refractivity contribution >= 4 is 21.4 Å². The maximum absolute atomic E-state index is 13.8. The van der Waals surface area contributed by atoms with Crippen LogP contribution in [0.2, 0.25) is 0 Å². The Kier molecular flexibility index (Phi) is 4.64. The van der Waals surface area contributed by atoms with Crippen LogP contribution in [0.4, 0.5) is 4.39 Å².